The second-order valence-corrected chi connectivity index (χ2v) is 6.70. The first-order valence-corrected chi connectivity index (χ1v) is 7.86. The molecule has 7 heteroatoms. The van der Waals surface area contributed by atoms with Crippen LogP contribution < -0.4 is 9.62 Å². The number of nitrogens with one attached hydrogen (secondary N) is 2. The molecule has 0 radical (unpaired) electrons. The van der Waals surface area contributed by atoms with Crippen LogP contribution in [0.2, 0.25) is 0 Å². The average Bonchev–Trinajstić information content (AvgIpc) is 2.92. The fraction of sp³-hybridized carbons (Fsp3) is 0.308. The molecule has 0 bridgehead atoms. The van der Waals surface area contributed by atoms with Gasteiger partial charge in [-0.2, -0.15) is 13.5 Å². The Balaban J connectivity index is 2.12. The predicted molar refractivity (Wildman–Crippen MR) is 75.9 cm³/mol. The lowest BCUT2D eigenvalue weighted by atomic mass is 10.2. The van der Waals surface area contributed by atoms with Gasteiger partial charge in [0.1, 0.15) is 0 Å². The molecule has 1 atom stereocenters. The molecule has 1 aromatic heterocycles. The number of rotatable bonds is 2. The van der Waals surface area contributed by atoms with Crippen LogP contribution in [0, 0.1) is 0 Å². The zero-order chi connectivity index (χ0) is 14.2. The average molecular weight is 292 g/mol. The first-order chi connectivity index (χ1) is 9.59. The van der Waals surface area contributed by atoms with E-state index in [4.69, 9.17) is 0 Å². The number of para-hydroxylation sites is 1. The van der Waals surface area contributed by atoms with Crippen molar-refractivity contribution in [2.75, 3.05) is 10.8 Å². The van der Waals surface area contributed by atoms with Crippen molar-refractivity contribution in [3.63, 3.8) is 0 Å². The Morgan fingerprint density at radius 1 is 1.30 bits per heavy atom. The zero-order valence-corrected chi connectivity index (χ0v) is 11.9. The second kappa shape index (κ2) is 4.92. The molecule has 0 saturated carbocycles. The predicted octanol–water partition coefficient (Wildman–Crippen LogP) is 1.10. The molecule has 1 aliphatic rings. The molecule has 2 aromatic rings. The van der Waals surface area contributed by atoms with Crippen LogP contribution in [0.15, 0.2) is 41.6 Å². The van der Waals surface area contributed by atoms with Gasteiger partial charge in [-0.1, -0.05) is 18.2 Å². The number of aromatic nitrogens is 2. The van der Waals surface area contributed by atoms with Gasteiger partial charge >= 0.3 is 0 Å². The normalized spacial score (nSPS) is 19.4. The lowest BCUT2D eigenvalue weighted by Gasteiger charge is -2.25. The Morgan fingerprint density at radius 2 is 2.10 bits per heavy atom. The van der Waals surface area contributed by atoms with Crippen molar-refractivity contribution in [1.29, 1.82) is 0 Å². The molecule has 0 fully saturated rings. The minimum Gasteiger partial charge on any atom is -0.308 e. The number of anilines is 1. The van der Waals surface area contributed by atoms with Gasteiger partial charge < -0.3 is 5.32 Å². The van der Waals surface area contributed by atoms with Crippen LogP contribution in [0.5, 0.6) is 0 Å². The van der Waals surface area contributed by atoms with E-state index in [9.17, 15) is 8.42 Å². The van der Waals surface area contributed by atoms with Crippen molar-refractivity contribution in [1.82, 2.24) is 15.5 Å². The highest BCUT2D eigenvalue weighted by atomic mass is 32.2. The highest BCUT2D eigenvalue weighted by Gasteiger charge is 2.30. The Labute approximate surface area is 117 Å². The summed E-state index contributed by atoms with van der Waals surface area (Å²) in [6.07, 6.45) is 1.44. The second-order valence-electron chi connectivity index (χ2n) is 4.87. The van der Waals surface area contributed by atoms with E-state index < -0.39 is 10.0 Å². The number of H-pyrrole nitrogens is 1. The van der Waals surface area contributed by atoms with Crippen LogP contribution in [-0.4, -0.2) is 31.2 Å². The van der Waals surface area contributed by atoms with Crippen molar-refractivity contribution in [3.8, 4) is 0 Å². The molecule has 1 unspecified atom stereocenters. The van der Waals surface area contributed by atoms with E-state index in [-0.39, 0.29) is 11.1 Å². The minimum absolute atomic E-state index is 0.0695. The first kappa shape index (κ1) is 13.1. The summed E-state index contributed by atoms with van der Waals surface area (Å²) >= 11 is 0. The van der Waals surface area contributed by atoms with Gasteiger partial charge in [0.15, 0.2) is 5.03 Å². The molecule has 20 heavy (non-hydrogen) atoms. The molecule has 0 spiro atoms. The van der Waals surface area contributed by atoms with Crippen molar-refractivity contribution in [2.45, 2.75) is 24.5 Å². The summed E-state index contributed by atoms with van der Waals surface area (Å²) in [5.41, 5.74) is 1.69. The van der Waals surface area contributed by atoms with Crippen LogP contribution in [0.25, 0.3) is 0 Å². The van der Waals surface area contributed by atoms with Gasteiger partial charge in [0.2, 0.25) is 0 Å². The fourth-order valence-electron chi connectivity index (χ4n) is 2.33. The maximum Gasteiger partial charge on any atom is 0.281 e. The highest BCUT2D eigenvalue weighted by Crippen LogP contribution is 2.28. The van der Waals surface area contributed by atoms with Crippen LogP contribution in [0.1, 0.15) is 12.5 Å². The molecular weight excluding hydrogens is 276 g/mol. The molecule has 0 amide bonds. The van der Waals surface area contributed by atoms with Crippen molar-refractivity contribution in [3.05, 3.63) is 42.1 Å². The van der Waals surface area contributed by atoms with Crippen LogP contribution >= 0.6 is 0 Å². The quantitative estimate of drug-likeness (QED) is 0.869. The van der Waals surface area contributed by atoms with E-state index in [1.54, 1.807) is 0 Å². The molecule has 2 heterocycles. The lowest BCUT2D eigenvalue weighted by Crippen LogP contribution is -2.39. The monoisotopic (exact) mass is 292 g/mol. The first-order valence-electron chi connectivity index (χ1n) is 6.42. The number of nitrogens with zero attached hydrogens (tertiary/aromatic N) is 2. The van der Waals surface area contributed by atoms with Gasteiger partial charge in [0.25, 0.3) is 10.0 Å². The lowest BCUT2D eigenvalue weighted by molar-refractivity contribution is 0.554. The topological polar surface area (TPSA) is 78.1 Å². The van der Waals surface area contributed by atoms with Gasteiger partial charge in [0, 0.05) is 19.1 Å². The molecule has 1 aromatic carbocycles. The van der Waals surface area contributed by atoms with Crippen molar-refractivity contribution < 1.29 is 8.42 Å². The van der Waals surface area contributed by atoms with Crippen molar-refractivity contribution >= 4 is 15.7 Å². The number of sulfonamides is 1. The summed E-state index contributed by atoms with van der Waals surface area (Å²) in [4.78, 5) is 0. The number of hydrogen-bond donors (Lipinski definition) is 2. The highest BCUT2D eigenvalue weighted by molar-refractivity contribution is 7.92. The maximum absolute atomic E-state index is 12.7. The molecular formula is C13H16N4O2S. The smallest absolute Gasteiger partial charge is 0.281 e. The third-order valence-electron chi connectivity index (χ3n) is 3.38. The number of aromatic amines is 1. The summed E-state index contributed by atoms with van der Waals surface area (Å²) in [6.45, 7) is 3.02. The van der Waals surface area contributed by atoms with Gasteiger partial charge in [0.05, 0.1) is 11.9 Å². The standard InChI is InChI=1S/C13H16N4O2S/c1-10-9-17(20(18,19)13-6-7-15-16-13)12-5-3-2-4-11(12)8-14-10/h2-7,10,14H,8-9H2,1H3,(H,15,16). The molecule has 3 rings (SSSR count). The number of hydrogen-bond acceptors (Lipinski definition) is 4. The summed E-state index contributed by atoms with van der Waals surface area (Å²) in [5.74, 6) is 0. The molecule has 2 N–H and O–H groups in total. The van der Waals surface area contributed by atoms with Crippen molar-refractivity contribution in [2.24, 2.45) is 0 Å². The molecule has 0 saturated heterocycles. The van der Waals surface area contributed by atoms with Crippen LogP contribution in [0.4, 0.5) is 5.69 Å². The van der Waals surface area contributed by atoms with E-state index in [0.29, 0.717) is 13.1 Å². The van der Waals surface area contributed by atoms with Crippen LogP contribution in [-0.2, 0) is 16.6 Å². The number of fused-ring (bicyclic) bond motifs is 1. The summed E-state index contributed by atoms with van der Waals surface area (Å²) < 4.78 is 26.9. The molecule has 0 aliphatic carbocycles. The van der Waals surface area contributed by atoms with E-state index in [1.165, 1.54) is 16.6 Å². The Morgan fingerprint density at radius 3 is 2.85 bits per heavy atom. The Hall–Kier alpha value is -1.86. The van der Waals surface area contributed by atoms with E-state index in [0.717, 1.165) is 11.3 Å². The third-order valence-corrected chi connectivity index (χ3v) is 5.09. The third kappa shape index (κ3) is 2.19. The minimum atomic E-state index is -3.61. The summed E-state index contributed by atoms with van der Waals surface area (Å²) in [7, 11) is -3.61. The van der Waals surface area contributed by atoms with E-state index in [2.05, 4.69) is 15.5 Å². The van der Waals surface area contributed by atoms with Gasteiger partial charge in [-0.15, -0.1) is 0 Å². The molecule has 1 aliphatic heterocycles. The van der Waals surface area contributed by atoms with Gasteiger partial charge in [-0.3, -0.25) is 9.40 Å². The number of benzene rings is 1. The summed E-state index contributed by atoms with van der Waals surface area (Å²) in [6, 6.07) is 9.08. The van der Waals surface area contributed by atoms with Gasteiger partial charge in [-0.05, 0) is 24.6 Å². The maximum atomic E-state index is 12.7. The van der Waals surface area contributed by atoms with E-state index in [1.807, 2.05) is 31.2 Å². The largest absolute Gasteiger partial charge is 0.308 e. The van der Waals surface area contributed by atoms with Gasteiger partial charge in [-0.25, -0.2) is 0 Å². The van der Waals surface area contributed by atoms with Crippen LogP contribution in [0.3, 0.4) is 0 Å². The Bertz CT molecular complexity index is 697. The summed E-state index contributed by atoms with van der Waals surface area (Å²) in [5, 5.41) is 9.70. The molecule has 6 nitrogen and oxygen atoms in total. The van der Waals surface area contributed by atoms with E-state index >= 15 is 0 Å². The Kier molecular flexibility index (Phi) is 3.23. The SMILES string of the molecule is CC1CN(S(=O)(=O)c2ccn[nH]2)c2ccccc2CN1. The zero-order valence-electron chi connectivity index (χ0n) is 11.1. The molecule has 106 valence electrons. The fourth-order valence-corrected chi connectivity index (χ4v) is 3.83.